The molecule has 100 valence electrons. The third kappa shape index (κ3) is 2.65. The summed E-state index contributed by atoms with van der Waals surface area (Å²) in [5.41, 5.74) is 11.0. The lowest BCUT2D eigenvalue weighted by atomic mass is 10.1. The number of hydrogen-bond acceptors (Lipinski definition) is 3. The zero-order valence-corrected chi connectivity index (χ0v) is 11.9. The van der Waals surface area contributed by atoms with Gasteiger partial charge in [0, 0.05) is 18.4 Å². The molecular weight excluding hydrogens is 236 g/mol. The number of nitrogens with zero attached hydrogens (tertiary/aromatic N) is 1. The molecular formula is C16H20N2O. The third-order valence-corrected chi connectivity index (χ3v) is 3.25. The summed E-state index contributed by atoms with van der Waals surface area (Å²) in [4.78, 5) is 2.12. The van der Waals surface area contributed by atoms with Gasteiger partial charge in [0.05, 0.1) is 12.8 Å². The second-order valence-electron chi connectivity index (χ2n) is 4.78. The minimum atomic E-state index is 0.768. The van der Waals surface area contributed by atoms with Crippen LogP contribution in [0.15, 0.2) is 36.4 Å². The largest absolute Gasteiger partial charge is 0.495 e. The van der Waals surface area contributed by atoms with Gasteiger partial charge >= 0.3 is 0 Å². The van der Waals surface area contributed by atoms with Crippen LogP contribution in [0, 0.1) is 13.8 Å². The maximum atomic E-state index is 5.73. The van der Waals surface area contributed by atoms with Crippen molar-refractivity contribution in [3.8, 4) is 5.75 Å². The first kappa shape index (κ1) is 13.3. The Morgan fingerprint density at radius 2 is 1.68 bits per heavy atom. The molecule has 2 aromatic carbocycles. The van der Waals surface area contributed by atoms with E-state index in [1.807, 2.05) is 31.3 Å². The topological polar surface area (TPSA) is 38.5 Å². The summed E-state index contributed by atoms with van der Waals surface area (Å²) in [7, 11) is 3.74. The molecule has 2 N–H and O–H groups in total. The maximum absolute atomic E-state index is 5.73. The van der Waals surface area contributed by atoms with Crippen molar-refractivity contribution in [3.05, 3.63) is 47.5 Å². The van der Waals surface area contributed by atoms with E-state index < -0.39 is 0 Å². The molecule has 19 heavy (non-hydrogen) atoms. The second-order valence-corrected chi connectivity index (χ2v) is 4.78. The predicted octanol–water partition coefficient (Wildman–Crippen LogP) is 3.66. The highest BCUT2D eigenvalue weighted by atomic mass is 16.5. The van der Waals surface area contributed by atoms with Crippen LogP contribution in [0.3, 0.4) is 0 Å². The molecule has 0 bridgehead atoms. The van der Waals surface area contributed by atoms with Crippen molar-refractivity contribution in [2.75, 3.05) is 24.8 Å². The normalized spacial score (nSPS) is 10.3. The highest BCUT2D eigenvalue weighted by Gasteiger charge is 2.13. The van der Waals surface area contributed by atoms with E-state index in [0.717, 1.165) is 22.8 Å². The van der Waals surface area contributed by atoms with Gasteiger partial charge in [0.1, 0.15) is 5.75 Å². The van der Waals surface area contributed by atoms with Crippen LogP contribution >= 0.6 is 0 Å². The summed E-state index contributed by atoms with van der Waals surface area (Å²) in [6.07, 6.45) is 0. The summed E-state index contributed by atoms with van der Waals surface area (Å²) in [5.74, 6) is 0.886. The van der Waals surface area contributed by atoms with E-state index in [0.29, 0.717) is 0 Å². The number of ether oxygens (including phenoxy) is 1. The Kier molecular flexibility index (Phi) is 3.65. The number of methoxy groups -OCH3 is 1. The monoisotopic (exact) mass is 256 g/mol. The average Bonchev–Trinajstić information content (AvgIpc) is 2.38. The standard InChI is InChI=1S/C16H20N2O/c1-11-9-12(2)16(15(10-11)19-4)18(3)14-7-5-13(17)6-8-14/h5-10H,17H2,1-4H3. The number of benzene rings is 2. The van der Waals surface area contributed by atoms with Crippen molar-refractivity contribution < 1.29 is 4.74 Å². The Morgan fingerprint density at radius 1 is 1.05 bits per heavy atom. The molecule has 0 heterocycles. The molecule has 2 rings (SSSR count). The fraction of sp³-hybridized carbons (Fsp3) is 0.250. The summed E-state index contributed by atoms with van der Waals surface area (Å²) in [6.45, 7) is 4.17. The first-order valence-electron chi connectivity index (χ1n) is 6.27. The van der Waals surface area contributed by atoms with E-state index >= 15 is 0 Å². The molecule has 0 unspecified atom stereocenters. The van der Waals surface area contributed by atoms with Crippen LogP contribution in [0.2, 0.25) is 0 Å². The number of hydrogen-bond donors (Lipinski definition) is 1. The minimum Gasteiger partial charge on any atom is -0.495 e. The second kappa shape index (κ2) is 5.22. The molecule has 0 fully saturated rings. The van der Waals surface area contributed by atoms with Gasteiger partial charge in [0.25, 0.3) is 0 Å². The molecule has 2 aromatic rings. The van der Waals surface area contributed by atoms with Gasteiger partial charge in [-0.2, -0.15) is 0 Å². The van der Waals surface area contributed by atoms with E-state index in [1.165, 1.54) is 11.1 Å². The Morgan fingerprint density at radius 3 is 2.26 bits per heavy atom. The smallest absolute Gasteiger partial charge is 0.143 e. The van der Waals surface area contributed by atoms with Gasteiger partial charge in [-0.1, -0.05) is 6.07 Å². The number of anilines is 3. The highest BCUT2D eigenvalue weighted by molar-refractivity contribution is 5.73. The molecule has 0 aliphatic rings. The van der Waals surface area contributed by atoms with E-state index in [1.54, 1.807) is 7.11 Å². The number of nitrogens with two attached hydrogens (primary N) is 1. The van der Waals surface area contributed by atoms with Crippen LogP contribution in [-0.4, -0.2) is 14.2 Å². The zero-order valence-electron chi connectivity index (χ0n) is 11.9. The number of nitrogen functional groups attached to an aromatic ring is 1. The van der Waals surface area contributed by atoms with E-state index in [4.69, 9.17) is 10.5 Å². The summed E-state index contributed by atoms with van der Waals surface area (Å²) in [5, 5.41) is 0. The molecule has 3 heteroatoms. The summed E-state index contributed by atoms with van der Waals surface area (Å²) < 4.78 is 5.51. The molecule has 0 aliphatic heterocycles. The highest BCUT2D eigenvalue weighted by Crippen LogP contribution is 2.36. The van der Waals surface area contributed by atoms with Crippen LogP contribution in [0.4, 0.5) is 17.1 Å². The van der Waals surface area contributed by atoms with Crippen molar-refractivity contribution in [2.24, 2.45) is 0 Å². The molecule has 0 aliphatic carbocycles. The van der Waals surface area contributed by atoms with Crippen molar-refractivity contribution in [3.63, 3.8) is 0 Å². The average molecular weight is 256 g/mol. The van der Waals surface area contributed by atoms with Gasteiger partial charge < -0.3 is 15.4 Å². The maximum Gasteiger partial charge on any atom is 0.143 e. The fourth-order valence-electron chi connectivity index (χ4n) is 2.33. The van der Waals surface area contributed by atoms with Crippen molar-refractivity contribution in [2.45, 2.75) is 13.8 Å². The van der Waals surface area contributed by atoms with Gasteiger partial charge in [0.15, 0.2) is 0 Å². The van der Waals surface area contributed by atoms with Crippen molar-refractivity contribution >= 4 is 17.1 Å². The summed E-state index contributed by atoms with van der Waals surface area (Å²) >= 11 is 0. The lowest BCUT2D eigenvalue weighted by molar-refractivity contribution is 0.415. The molecule has 0 radical (unpaired) electrons. The van der Waals surface area contributed by atoms with Gasteiger partial charge in [-0.25, -0.2) is 0 Å². The lowest BCUT2D eigenvalue weighted by Crippen LogP contribution is -2.12. The Labute approximate surface area is 114 Å². The molecule has 0 amide bonds. The molecule has 0 saturated heterocycles. The number of aryl methyl sites for hydroxylation is 2. The SMILES string of the molecule is COc1cc(C)cc(C)c1N(C)c1ccc(N)cc1. The molecule has 0 atom stereocenters. The van der Waals surface area contributed by atoms with Crippen LogP contribution < -0.4 is 15.4 Å². The molecule has 0 saturated carbocycles. The van der Waals surface area contributed by atoms with Crippen LogP contribution in [-0.2, 0) is 0 Å². The Bertz CT molecular complexity index is 576. The molecule has 0 aromatic heterocycles. The van der Waals surface area contributed by atoms with Crippen molar-refractivity contribution in [1.82, 2.24) is 0 Å². The number of rotatable bonds is 3. The van der Waals surface area contributed by atoms with Gasteiger partial charge in [0.2, 0.25) is 0 Å². The quantitative estimate of drug-likeness (QED) is 0.852. The van der Waals surface area contributed by atoms with Gasteiger partial charge in [-0.15, -0.1) is 0 Å². The van der Waals surface area contributed by atoms with Crippen LogP contribution in [0.1, 0.15) is 11.1 Å². The lowest BCUT2D eigenvalue weighted by Gasteiger charge is -2.24. The van der Waals surface area contributed by atoms with Gasteiger partial charge in [-0.3, -0.25) is 0 Å². The first-order chi connectivity index (χ1) is 9.02. The van der Waals surface area contributed by atoms with E-state index in [-0.39, 0.29) is 0 Å². The Balaban J connectivity index is 2.49. The van der Waals surface area contributed by atoms with Crippen LogP contribution in [0.25, 0.3) is 0 Å². The Hall–Kier alpha value is -2.16. The van der Waals surface area contributed by atoms with E-state index in [9.17, 15) is 0 Å². The first-order valence-corrected chi connectivity index (χ1v) is 6.27. The van der Waals surface area contributed by atoms with Crippen LogP contribution in [0.5, 0.6) is 5.75 Å². The van der Waals surface area contributed by atoms with E-state index in [2.05, 4.69) is 30.9 Å². The van der Waals surface area contributed by atoms with Crippen molar-refractivity contribution in [1.29, 1.82) is 0 Å². The third-order valence-electron chi connectivity index (χ3n) is 3.25. The minimum absolute atomic E-state index is 0.768. The van der Waals surface area contributed by atoms with Gasteiger partial charge in [-0.05, 0) is 55.3 Å². The predicted molar refractivity (Wildman–Crippen MR) is 81.4 cm³/mol. The molecule has 3 nitrogen and oxygen atoms in total. The molecule has 0 spiro atoms. The zero-order chi connectivity index (χ0) is 14.0. The summed E-state index contributed by atoms with van der Waals surface area (Å²) in [6, 6.07) is 12.0. The fourth-order valence-corrected chi connectivity index (χ4v) is 2.33.